The summed E-state index contributed by atoms with van der Waals surface area (Å²) in [7, 11) is 0. The SMILES string of the molecule is CCOC(=O)c1c(C#N)ccc(CC)c1OC(F)F. The van der Waals surface area contributed by atoms with Crippen molar-refractivity contribution in [2.45, 2.75) is 26.9 Å². The van der Waals surface area contributed by atoms with Crippen LogP contribution in [0.3, 0.4) is 0 Å². The van der Waals surface area contributed by atoms with Crippen molar-refractivity contribution in [3.05, 3.63) is 28.8 Å². The van der Waals surface area contributed by atoms with E-state index in [1.54, 1.807) is 19.9 Å². The van der Waals surface area contributed by atoms with Crippen LogP contribution in [-0.4, -0.2) is 19.2 Å². The number of hydrogen-bond donors (Lipinski definition) is 0. The normalized spacial score (nSPS) is 10.1. The fourth-order valence-electron chi connectivity index (χ4n) is 1.63. The van der Waals surface area contributed by atoms with Crippen molar-refractivity contribution in [3.63, 3.8) is 0 Å². The molecular weight excluding hydrogens is 256 g/mol. The van der Waals surface area contributed by atoms with E-state index >= 15 is 0 Å². The molecule has 0 N–H and O–H groups in total. The first-order valence-electron chi connectivity index (χ1n) is 5.73. The minimum atomic E-state index is -3.08. The molecule has 0 aliphatic heterocycles. The number of halogens is 2. The third-order valence-corrected chi connectivity index (χ3v) is 2.43. The topological polar surface area (TPSA) is 59.3 Å². The second-order valence-electron chi connectivity index (χ2n) is 3.54. The van der Waals surface area contributed by atoms with E-state index in [0.717, 1.165) is 0 Å². The lowest BCUT2D eigenvalue weighted by molar-refractivity contribution is -0.0510. The summed E-state index contributed by atoms with van der Waals surface area (Å²) in [4.78, 5) is 11.8. The molecule has 0 fully saturated rings. The van der Waals surface area contributed by atoms with Gasteiger partial charge in [-0.1, -0.05) is 13.0 Å². The molecule has 0 radical (unpaired) electrons. The second kappa shape index (κ2) is 6.69. The Balaban J connectivity index is 3.43. The summed E-state index contributed by atoms with van der Waals surface area (Å²) in [5.74, 6) is -1.12. The maximum absolute atomic E-state index is 12.4. The van der Waals surface area contributed by atoms with E-state index in [4.69, 9.17) is 10.00 Å². The van der Waals surface area contributed by atoms with Crippen molar-refractivity contribution in [1.29, 1.82) is 5.26 Å². The summed E-state index contributed by atoms with van der Waals surface area (Å²) >= 11 is 0. The van der Waals surface area contributed by atoms with Gasteiger partial charge in [0.15, 0.2) is 0 Å². The van der Waals surface area contributed by atoms with Crippen molar-refractivity contribution >= 4 is 5.97 Å². The molecule has 102 valence electrons. The molecule has 19 heavy (non-hydrogen) atoms. The van der Waals surface area contributed by atoms with Gasteiger partial charge in [-0.25, -0.2) is 4.79 Å². The van der Waals surface area contributed by atoms with Crippen molar-refractivity contribution in [2.24, 2.45) is 0 Å². The third-order valence-electron chi connectivity index (χ3n) is 2.43. The Kier molecular flexibility index (Phi) is 5.24. The van der Waals surface area contributed by atoms with Crippen LogP contribution < -0.4 is 4.74 Å². The Hall–Kier alpha value is -2.16. The van der Waals surface area contributed by atoms with Gasteiger partial charge < -0.3 is 9.47 Å². The van der Waals surface area contributed by atoms with Crippen LogP contribution in [0.1, 0.15) is 35.3 Å². The molecule has 0 heterocycles. The molecule has 0 saturated carbocycles. The first-order chi connectivity index (χ1) is 9.04. The monoisotopic (exact) mass is 269 g/mol. The summed E-state index contributed by atoms with van der Waals surface area (Å²) in [6.07, 6.45) is 0.389. The van der Waals surface area contributed by atoms with Gasteiger partial charge in [-0.2, -0.15) is 14.0 Å². The first-order valence-corrected chi connectivity index (χ1v) is 5.73. The molecule has 6 heteroatoms. The highest BCUT2D eigenvalue weighted by Gasteiger charge is 2.24. The van der Waals surface area contributed by atoms with Gasteiger partial charge in [0.05, 0.1) is 12.2 Å². The zero-order valence-electron chi connectivity index (χ0n) is 10.6. The van der Waals surface area contributed by atoms with Gasteiger partial charge >= 0.3 is 12.6 Å². The first kappa shape index (κ1) is 14.9. The highest BCUT2D eigenvalue weighted by Crippen LogP contribution is 2.30. The van der Waals surface area contributed by atoms with E-state index in [2.05, 4.69) is 4.74 Å². The van der Waals surface area contributed by atoms with Gasteiger partial charge in [0.1, 0.15) is 17.4 Å². The van der Waals surface area contributed by atoms with Crippen molar-refractivity contribution < 1.29 is 23.0 Å². The molecule has 0 aromatic heterocycles. The summed E-state index contributed by atoms with van der Waals surface area (Å²) in [5.41, 5.74) is 0.123. The number of hydrogen-bond acceptors (Lipinski definition) is 4. The van der Waals surface area contributed by atoms with Crippen LogP contribution in [0.25, 0.3) is 0 Å². The zero-order chi connectivity index (χ0) is 14.4. The van der Waals surface area contributed by atoms with Crippen LogP contribution in [0, 0.1) is 11.3 Å². The minimum absolute atomic E-state index is 0.0497. The Labute approximate surface area is 109 Å². The average Bonchev–Trinajstić information content (AvgIpc) is 2.37. The standard InChI is InChI=1S/C13H13F2NO3/c1-3-8-5-6-9(7-16)10(12(17)18-4-2)11(8)19-13(14)15/h5-6,13H,3-4H2,1-2H3. The highest BCUT2D eigenvalue weighted by atomic mass is 19.3. The van der Waals surface area contributed by atoms with Crippen LogP contribution in [-0.2, 0) is 11.2 Å². The highest BCUT2D eigenvalue weighted by molar-refractivity contribution is 5.95. The van der Waals surface area contributed by atoms with Crippen LogP contribution in [0.15, 0.2) is 12.1 Å². The fraction of sp³-hybridized carbons (Fsp3) is 0.385. The molecule has 0 unspecified atom stereocenters. The number of benzene rings is 1. The van der Waals surface area contributed by atoms with E-state index in [1.165, 1.54) is 12.1 Å². The number of alkyl halides is 2. The molecule has 0 aliphatic rings. The minimum Gasteiger partial charge on any atom is -0.462 e. The number of nitrogens with zero attached hydrogens (tertiary/aromatic N) is 1. The van der Waals surface area contributed by atoms with Gasteiger partial charge in [-0.3, -0.25) is 0 Å². The molecule has 0 bridgehead atoms. The predicted octanol–water partition coefficient (Wildman–Crippen LogP) is 2.90. The molecule has 0 spiro atoms. The molecule has 0 amide bonds. The number of aryl methyl sites for hydroxylation is 1. The summed E-state index contributed by atoms with van der Waals surface area (Å²) in [6.45, 7) is 0.316. The lowest BCUT2D eigenvalue weighted by atomic mass is 10.0. The molecular formula is C13H13F2NO3. The average molecular weight is 269 g/mol. The third kappa shape index (κ3) is 3.41. The van der Waals surface area contributed by atoms with Crippen molar-refractivity contribution in [1.82, 2.24) is 0 Å². The fourth-order valence-corrected chi connectivity index (χ4v) is 1.63. The zero-order valence-corrected chi connectivity index (χ0v) is 10.6. The van der Waals surface area contributed by atoms with E-state index in [9.17, 15) is 13.6 Å². The van der Waals surface area contributed by atoms with E-state index in [1.807, 2.05) is 0 Å². The predicted molar refractivity (Wildman–Crippen MR) is 63.1 cm³/mol. The number of esters is 1. The van der Waals surface area contributed by atoms with Gasteiger partial charge in [0.2, 0.25) is 0 Å². The Morgan fingerprint density at radius 2 is 2.11 bits per heavy atom. The van der Waals surface area contributed by atoms with Crippen LogP contribution >= 0.6 is 0 Å². The summed E-state index contributed by atoms with van der Waals surface area (Å²) in [6, 6.07) is 4.65. The number of carbonyl (C=O) groups is 1. The maximum Gasteiger partial charge on any atom is 0.387 e. The molecule has 0 aliphatic carbocycles. The Morgan fingerprint density at radius 1 is 1.42 bits per heavy atom. The van der Waals surface area contributed by atoms with Crippen LogP contribution in [0.5, 0.6) is 5.75 Å². The molecule has 1 aromatic carbocycles. The van der Waals surface area contributed by atoms with Gasteiger partial charge in [-0.15, -0.1) is 0 Å². The molecule has 0 saturated heterocycles. The van der Waals surface area contributed by atoms with Gasteiger partial charge in [0.25, 0.3) is 0 Å². The van der Waals surface area contributed by atoms with Gasteiger partial charge in [0, 0.05) is 0 Å². The maximum atomic E-state index is 12.4. The molecule has 1 aromatic rings. The van der Waals surface area contributed by atoms with Crippen molar-refractivity contribution in [2.75, 3.05) is 6.61 Å². The van der Waals surface area contributed by atoms with Crippen molar-refractivity contribution in [3.8, 4) is 11.8 Å². The smallest absolute Gasteiger partial charge is 0.387 e. The number of nitriles is 1. The van der Waals surface area contributed by atoms with E-state index in [0.29, 0.717) is 12.0 Å². The van der Waals surface area contributed by atoms with Crippen LogP contribution in [0.2, 0.25) is 0 Å². The Morgan fingerprint density at radius 3 is 2.58 bits per heavy atom. The molecule has 0 atom stereocenters. The number of rotatable bonds is 5. The lowest BCUT2D eigenvalue weighted by Gasteiger charge is -2.14. The summed E-state index contributed by atoms with van der Waals surface area (Å²) < 4.78 is 34.1. The number of ether oxygens (including phenoxy) is 2. The van der Waals surface area contributed by atoms with E-state index in [-0.39, 0.29) is 23.5 Å². The second-order valence-corrected chi connectivity index (χ2v) is 3.54. The molecule has 4 nitrogen and oxygen atoms in total. The number of carbonyl (C=O) groups excluding carboxylic acids is 1. The van der Waals surface area contributed by atoms with E-state index < -0.39 is 12.6 Å². The lowest BCUT2D eigenvalue weighted by Crippen LogP contribution is -2.14. The Bertz CT molecular complexity index is 509. The molecule has 1 rings (SSSR count). The largest absolute Gasteiger partial charge is 0.462 e. The van der Waals surface area contributed by atoms with Gasteiger partial charge in [-0.05, 0) is 25.0 Å². The van der Waals surface area contributed by atoms with Crippen LogP contribution in [0.4, 0.5) is 8.78 Å². The quantitative estimate of drug-likeness (QED) is 0.771. The summed E-state index contributed by atoms with van der Waals surface area (Å²) in [5, 5.41) is 8.96.